The maximum atomic E-state index is 13.1. The Hall–Kier alpha value is -5.51. The summed E-state index contributed by atoms with van der Waals surface area (Å²) in [6, 6.07) is 5.53. The number of esters is 2. The van der Waals surface area contributed by atoms with E-state index in [0.29, 0.717) is 25.7 Å². The van der Waals surface area contributed by atoms with Crippen molar-refractivity contribution in [2.45, 2.75) is 42.3 Å². The number of sulfonamides is 2. The van der Waals surface area contributed by atoms with Crippen molar-refractivity contribution < 1.29 is 86.8 Å². The zero-order valence-electron chi connectivity index (χ0n) is 36.1. The number of carbonyl (C=O) groups excluding carboxylic acids is 3. The van der Waals surface area contributed by atoms with Crippen LogP contribution in [0.3, 0.4) is 0 Å². The van der Waals surface area contributed by atoms with E-state index in [1.165, 1.54) is 59.5 Å². The van der Waals surface area contributed by atoms with Gasteiger partial charge in [-0.15, -0.1) is 0 Å². The first-order valence-electron chi connectivity index (χ1n) is 19.7. The maximum Gasteiger partial charge on any atom is 0.490 e. The smallest absolute Gasteiger partial charge is 0.475 e. The fraction of sp³-hybridized carbons (Fsp3) is 0.538. The lowest BCUT2D eigenvalue weighted by Crippen LogP contribution is -2.34. The Morgan fingerprint density at radius 2 is 1.14 bits per heavy atom. The summed E-state index contributed by atoms with van der Waals surface area (Å²) in [7, 11) is -4.78. The zero-order valence-corrected chi connectivity index (χ0v) is 37.7. The molecule has 0 radical (unpaired) electrons. The van der Waals surface area contributed by atoms with Gasteiger partial charge in [-0.2, -0.15) is 21.8 Å². The van der Waals surface area contributed by atoms with E-state index in [-0.39, 0.29) is 120 Å². The summed E-state index contributed by atoms with van der Waals surface area (Å²) in [5, 5.41) is 9.55. The molecule has 6 atom stereocenters. The van der Waals surface area contributed by atoms with Gasteiger partial charge in [0.25, 0.3) is 0 Å². The van der Waals surface area contributed by atoms with Gasteiger partial charge >= 0.3 is 30.2 Å². The van der Waals surface area contributed by atoms with Crippen LogP contribution in [0, 0.1) is 35.5 Å². The quantitative estimate of drug-likeness (QED) is 0.131. The van der Waals surface area contributed by atoms with Crippen molar-refractivity contribution in [2.75, 3.05) is 66.7 Å². The first kappa shape index (κ1) is 53.1. The summed E-state index contributed by atoms with van der Waals surface area (Å²) in [5.41, 5.74) is 5.05. The number of hydrogen-bond acceptors (Lipinski definition) is 16. The summed E-state index contributed by atoms with van der Waals surface area (Å²) in [6.45, 7) is 5.90. The highest BCUT2D eigenvalue weighted by Crippen LogP contribution is 2.54. The number of aliphatic carboxylic acids is 1. The highest BCUT2D eigenvalue weighted by molar-refractivity contribution is 7.89. The number of aromatic nitrogens is 2. The Bertz CT molecular complexity index is 2330. The van der Waals surface area contributed by atoms with Gasteiger partial charge in [-0.1, -0.05) is 0 Å². The summed E-state index contributed by atoms with van der Waals surface area (Å²) in [6.07, 6.45) is -2.71. The number of hydrogen-bond donors (Lipinski definition) is 3. The second kappa shape index (κ2) is 21.9. The van der Waals surface area contributed by atoms with Crippen LogP contribution in [0.2, 0.25) is 0 Å². The number of carboxylic acid groups (broad SMARTS) is 1. The van der Waals surface area contributed by atoms with Crippen LogP contribution in [-0.4, -0.2) is 143 Å². The second-order valence-corrected chi connectivity index (χ2v) is 19.9. The number of fused-ring (bicyclic) bond motifs is 2. The molecule has 20 nitrogen and oxygen atoms in total. The van der Waals surface area contributed by atoms with Crippen LogP contribution >= 0.6 is 0 Å². The van der Waals surface area contributed by atoms with Crippen molar-refractivity contribution >= 4 is 44.0 Å². The number of methoxy groups -OCH3 is 2. The molecule has 4 fully saturated rings. The molecule has 2 unspecified atom stereocenters. The molecule has 0 bridgehead atoms. The average Bonchev–Trinajstić information content (AvgIpc) is 3.98. The predicted molar refractivity (Wildman–Crippen MR) is 217 cm³/mol. The van der Waals surface area contributed by atoms with E-state index >= 15 is 0 Å². The summed E-state index contributed by atoms with van der Waals surface area (Å²) >= 11 is 0. The Labute approximate surface area is 376 Å². The molecule has 2 saturated heterocycles. The lowest BCUT2D eigenvalue weighted by atomic mass is 10.2. The highest BCUT2D eigenvalue weighted by atomic mass is 32.2. The number of alkyl halides is 3. The minimum absolute atomic E-state index is 0.00128. The van der Waals surface area contributed by atoms with Crippen LogP contribution in [0.15, 0.2) is 70.3 Å². The number of piperidine rings is 2. The molecule has 0 spiro atoms. The summed E-state index contributed by atoms with van der Waals surface area (Å²) in [4.78, 5) is 51.7. The van der Waals surface area contributed by atoms with Gasteiger partial charge in [-0.25, -0.2) is 45.2 Å². The van der Waals surface area contributed by atoms with E-state index in [1.807, 2.05) is 0 Å². The molecular weight excluding hydrogens is 936 g/mol. The molecule has 2 aliphatic heterocycles. The molecule has 2 aromatic heterocycles. The maximum absolute atomic E-state index is 13.1. The Kier molecular flexibility index (Phi) is 17.6. The molecule has 2 aromatic rings. The normalized spacial score (nSPS) is 22.8. The number of rotatable bonds is 15. The van der Waals surface area contributed by atoms with Crippen LogP contribution < -0.4 is 20.5 Å². The molecule has 4 N–H and O–H groups in total. The van der Waals surface area contributed by atoms with Crippen molar-refractivity contribution in [3.05, 3.63) is 60.5 Å². The number of amides is 1. The minimum Gasteiger partial charge on any atom is -0.475 e. The third-order valence-electron chi connectivity index (χ3n) is 10.4. The Morgan fingerprint density at radius 3 is 1.42 bits per heavy atom. The molecule has 6 rings (SSSR count). The van der Waals surface area contributed by atoms with E-state index in [9.17, 15) is 53.2 Å². The van der Waals surface area contributed by atoms with E-state index in [4.69, 9.17) is 39.3 Å². The molecule has 366 valence electrons. The van der Waals surface area contributed by atoms with Gasteiger partial charge in [0, 0.05) is 62.5 Å². The van der Waals surface area contributed by atoms with Crippen molar-refractivity contribution in [3.63, 3.8) is 0 Å². The van der Waals surface area contributed by atoms with Crippen molar-refractivity contribution in [1.82, 2.24) is 23.9 Å². The minimum atomic E-state index is -5.08. The lowest BCUT2D eigenvalue weighted by Gasteiger charge is -2.20. The van der Waals surface area contributed by atoms with Gasteiger partial charge in [0.15, 0.2) is 0 Å². The number of nitrogens with zero attached hydrogens (tertiary/aromatic N) is 4. The van der Waals surface area contributed by atoms with E-state index in [2.05, 4.69) is 15.3 Å². The highest BCUT2D eigenvalue weighted by Gasteiger charge is 2.63. The number of ether oxygens (including phenoxy) is 5. The monoisotopic (exact) mass is 984 g/mol. The third kappa shape index (κ3) is 13.8. The van der Waals surface area contributed by atoms with Gasteiger partial charge in [0.1, 0.15) is 28.6 Å². The first-order valence-corrected chi connectivity index (χ1v) is 22.6. The average molecular weight is 985 g/mol. The molecule has 2 saturated carbocycles. The molecule has 4 aliphatic rings. The van der Waals surface area contributed by atoms with Gasteiger partial charge in [-0.3, -0.25) is 9.59 Å². The molecule has 2 aliphatic carbocycles. The van der Waals surface area contributed by atoms with Crippen LogP contribution in [-0.2, 0) is 48.6 Å². The zero-order chi connectivity index (χ0) is 49.4. The van der Waals surface area contributed by atoms with E-state index < -0.39 is 43.9 Å². The fourth-order valence-corrected chi connectivity index (χ4v) is 9.86. The first-order chi connectivity index (χ1) is 30.8. The van der Waals surface area contributed by atoms with Crippen LogP contribution in [0.4, 0.5) is 26.7 Å². The number of pyridine rings is 2. The van der Waals surface area contributed by atoms with Gasteiger partial charge < -0.3 is 39.8 Å². The Balaban J connectivity index is 0.000000257. The number of nitrogens with two attached hydrogens (primary N) is 1. The lowest BCUT2D eigenvalue weighted by molar-refractivity contribution is -0.192. The number of alkyl carbamates (subject to hydrolysis) is 1. The summed E-state index contributed by atoms with van der Waals surface area (Å²) < 4.78 is 136. The van der Waals surface area contributed by atoms with Crippen LogP contribution in [0.5, 0.6) is 11.8 Å². The molecule has 66 heavy (non-hydrogen) atoms. The SMILES string of the molecule is COC(=O)C1[C@H]2CN(S(=O)(=O)c3ccc(OC/C(=C\F)CN)nc3)C[C@@H]12.COC(=O)C1[C@H]2CN(S(=O)(=O)c3ccc(OCC(=CF)CNC(=O)OC(C)(C)C)nc3)C[C@@H]12.O=C(O)C(F)(F)F. The third-order valence-corrected chi connectivity index (χ3v) is 14.1. The van der Waals surface area contributed by atoms with Crippen LogP contribution in [0.25, 0.3) is 0 Å². The molecule has 0 aromatic carbocycles. The fourth-order valence-electron chi connectivity index (χ4n) is 6.94. The number of halogens is 5. The van der Waals surface area contributed by atoms with E-state index in [0.717, 1.165) is 0 Å². The molecule has 4 heterocycles. The topological polar surface area (TPSA) is 273 Å². The van der Waals surface area contributed by atoms with Gasteiger partial charge in [0.2, 0.25) is 31.8 Å². The second-order valence-electron chi connectivity index (χ2n) is 16.0. The number of carboxylic acids is 1. The molecule has 27 heteroatoms. The summed E-state index contributed by atoms with van der Waals surface area (Å²) in [5.74, 6) is -3.46. The van der Waals surface area contributed by atoms with Gasteiger partial charge in [0.05, 0.1) is 51.1 Å². The van der Waals surface area contributed by atoms with Crippen molar-refractivity contribution in [3.8, 4) is 11.8 Å². The number of carbonyl (C=O) groups is 4. The van der Waals surface area contributed by atoms with E-state index in [1.54, 1.807) is 20.8 Å². The molecule has 1 amide bonds. The molecular formula is C39H49F5N6O14S2. The number of nitrogens with one attached hydrogen (secondary N) is 1. The standard InChI is InChI=1S/C21H28FN3O7S.C16H20FN3O5S.C2HF3O2/c1-21(2,3)32-20(27)24-8-13(7-22)12-31-17-6-5-14(9-23-17)33(28,29)25-10-15-16(11-25)18(15)19(26)30-4;1-24-16(21)15-12-7-20(8-13(12)15)26(22,23)11-2-3-14(19-6-11)25-9-10(4-17)5-18;3-2(4,5)1(6)7/h5-7,9,15-16,18H,8,10-12H2,1-4H3,(H,24,27);2-4,6,12-13,15H,5,7-9,18H2,1H3;(H,6,7)/b;10-4-;/t15-,16+,18?;12-,13+,15?;. The van der Waals surface area contributed by atoms with Crippen molar-refractivity contribution in [1.29, 1.82) is 0 Å². The Morgan fingerprint density at radius 1 is 0.758 bits per heavy atom. The van der Waals surface area contributed by atoms with Gasteiger partial charge in [-0.05, 0) is 56.6 Å². The van der Waals surface area contributed by atoms with Crippen molar-refractivity contribution in [2.24, 2.45) is 41.2 Å². The van der Waals surface area contributed by atoms with Crippen LogP contribution in [0.1, 0.15) is 20.8 Å². The largest absolute Gasteiger partial charge is 0.490 e. The predicted octanol–water partition coefficient (Wildman–Crippen LogP) is 2.82.